The molecule has 0 spiro atoms. The highest BCUT2D eigenvalue weighted by Gasteiger charge is 2.37. The standard InChI is InChI=1S/C9H16O2.2C2H6/c1-2-9(8(10)11)6-4-3-5-7-9;2*1-2/h2-7H2,1H3,(H,10,11);2*1-2H3. The second kappa shape index (κ2) is 10.0. The van der Waals surface area contributed by atoms with E-state index in [2.05, 4.69) is 0 Å². The second-order valence-electron chi connectivity index (χ2n) is 3.50. The van der Waals surface area contributed by atoms with Crippen LogP contribution in [0, 0.1) is 5.41 Å². The van der Waals surface area contributed by atoms with Crippen LogP contribution in [0.15, 0.2) is 0 Å². The van der Waals surface area contributed by atoms with Crippen molar-refractivity contribution < 1.29 is 9.90 Å². The molecule has 0 aromatic heterocycles. The maximum absolute atomic E-state index is 10.9. The van der Waals surface area contributed by atoms with Gasteiger partial charge in [-0.1, -0.05) is 53.9 Å². The molecule has 92 valence electrons. The van der Waals surface area contributed by atoms with Crippen molar-refractivity contribution >= 4 is 5.97 Å². The molecule has 0 saturated heterocycles. The molecular formula is C13H28O2. The minimum Gasteiger partial charge on any atom is -0.481 e. The summed E-state index contributed by atoms with van der Waals surface area (Å²) in [5, 5.41) is 8.99. The van der Waals surface area contributed by atoms with E-state index in [1.165, 1.54) is 6.42 Å². The van der Waals surface area contributed by atoms with E-state index >= 15 is 0 Å². The molecule has 2 heteroatoms. The number of carboxylic acid groups (broad SMARTS) is 1. The molecular weight excluding hydrogens is 188 g/mol. The van der Waals surface area contributed by atoms with Gasteiger partial charge >= 0.3 is 5.97 Å². The van der Waals surface area contributed by atoms with Crippen LogP contribution in [0.2, 0.25) is 0 Å². The summed E-state index contributed by atoms with van der Waals surface area (Å²) in [6.07, 6.45) is 5.98. The third kappa shape index (κ3) is 5.19. The maximum Gasteiger partial charge on any atom is 0.309 e. The Morgan fingerprint density at radius 3 is 1.67 bits per heavy atom. The lowest BCUT2D eigenvalue weighted by Gasteiger charge is -2.31. The van der Waals surface area contributed by atoms with E-state index in [1.54, 1.807) is 0 Å². The lowest BCUT2D eigenvalue weighted by atomic mass is 9.72. The SMILES string of the molecule is CC.CC.CCC1(C(=O)O)CCCCC1. The first-order valence-electron chi connectivity index (χ1n) is 6.45. The fourth-order valence-corrected chi connectivity index (χ4v) is 1.95. The van der Waals surface area contributed by atoms with E-state index < -0.39 is 5.97 Å². The third-order valence-corrected chi connectivity index (χ3v) is 2.94. The van der Waals surface area contributed by atoms with Gasteiger partial charge in [-0.25, -0.2) is 0 Å². The van der Waals surface area contributed by atoms with Crippen LogP contribution in [0.1, 0.15) is 73.1 Å². The van der Waals surface area contributed by atoms with Gasteiger partial charge in [0.2, 0.25) is 0 Å². The number of hydrogen-bond acceptors (Lipinski definition) is 1. The lowest BCUT2D eigenvalue weighted by molar-refractivity contribution is -0.151. The van der Waals surface area contributed by atoms with Crippen LogP contribution in [-0.2, 0) is 4.79 Å². The van der Waals surface area contributed by atoms with Gasteiger partial charge < -0.3 is 5.11 Å². The van der Waals surface area contributed by atoms with Gasteiger partial charge in [0.05, 0.1) is 5.41 Å². The quantitative estimate of drug-likeness (QED) is 0.738. The fourth-order valence-electron chi connectivity index (χ4n) is 1.95. The van der Waals surface area contributed by atoms with E-state index in [9.17, 15) is 4.79 Å². The Morgan fingerprint density at radius 2 is 1.47 bits per heavy atom. The number of carbonyl (C=O) groups is 1. The van der Waals surface area contributed by atoms with Crippen molar-refractivity contribution in [2.24, 2.45) is 5.41 Å². The Kier molecular flexibility index (Phi) is 11.3. The van der Waals surface area contributed by atoms with Gasteiger partial charge in [-0.05, 0) is 19.3 Å². The Bertz CT molecular complexity index is 147. The second-order valence-corrected chi connectivity index (χ2v) is 3.50. The van der Waals surface area contributed by atoms with Crippen molar-refractivity contribution in [1.82, 2.24) is 0 Å². The minimum atomic E-state index is -0.584. The predicted octanol–water partition coefficient (Wildman–Crippen LogP) is 4.48. The van der Waals surface area contributed by atoms with E-state index in [-0.39, 0.29) is 5.41 Å². The van der Waals surface area contributed by atoms with Gasteiger partial charge in [0.15, 0.2) is 0 Å². The highest BCUT2D eigenvalue weighted by Crippen LogP contribution is 2.39. The Hall–Kier alpha value is -0.530. The third-order valence-electron chi connectivity index (χ3n) is 2.94. The maximum atomic E-state index is 10.9. The molecule has 0 aliphatic heterocycles. The molecule has 1 aliphatic carbocycles. The van der Waals surface area contributed by atoms with Crippen LogP contribution >= 0.6 is 0 Å². The summed E-state index contributed by atoms with van der Waals surface area (Å²) in [5.41, 5.74) is -0.363. The molecule has 0 heterocycles. The summed E-state index contributed by atoms with van der Waals surface area (Å²) in [7, 11) is 0. The summed E-state index contributed by atoms with van der Waals surface area (Å²) in [4.78, 5) is 10.9. The lowest BCUT2D eigenvalue weighted by Crippen LogP contribution is -2.32. The number of carboxylic acids is 1. The number of rotatable bonds is 2. The molecule has 0 unspecified atom stereocenters. The minimum absolute atomic E-state index is 0.363. The topological polar surface area (TPSA) is 37.3 Å². The van der Waals surface area contributed by atoms with Crippen molar-refractivity contribution in [2.45, 2.75) is 73.1 Å². The van der Waals surface area contributed by atoms with Crippen molar-refractivity contribution in [3.8, 4) is 0 Å². The molecule has 1 N–H and O–H groups in total. The van der Waals surface area contributed by atoms with Crippen molar-refractivity contribution in [1.29, 1.82) is 0 Å². The highest BCUT2D eigenvalue weighted by atomic mass is 16.4. The average molecular weight is 216 g/mol. The van der Waals surface area contributed by atoms with E-state index in [1.807, 2.05) is 34.6 Å². The molecule has 0 atom stereocenters. The van der Waals surface area contributed by atoms with Crippen LogP contribution < -0.4 is 0 Å². The normalized spacial score (nSPS) is 17.7. The fraction of sp³-hybridized carbons (Fsp3) is 0.923. The summed E-state index contributed by atoms with van der Waals surface area (Å²) in [6, 6.07) is 0. The molecule has 0 amide bonds. The van der Waals surface area contributed by atoms with Crippen molar-refractivity contribution in [3.05, 3.63) is 0 Å². The Labute approximate surface area is 95.1 Å². The van der Waals surface area contributed by atoms with Crippen molar-refractivity contribution in [3.63, 3.8) is 0 Å². The first-order valence-corrected chi connectivity index (χ1v) is 6.45. The van der Waals surface area contributed by atoms with Crippen LogP contribution in [0.4, 0.5) is 0 Å². The van der Waals surface area contributed by atoms with Gasteiger partial charge in [-0.15, -0.1) is 0 Å². The largest absolute Gasteiger partial charge is 0.481 e. The van der Waals surface area contributed by atoms with Gasteiger partial charge in [0, 0.05) is 0 Å². The van der Waals surface area contributed by atoms with E-state index in [0.29, 0.717) is 0 Å². The van der Waals surface area contributed by atoms with Crippen LogP contribution in [0.5, 0.6) is 0 Å². The molecule has 15 heavy (non-hydrogen) atoms. The average Bonchev–Trinajstić information content (AvgIpc) is 2.35. The first kappa shape index (κ1) is 16.9. The molecule has 1 rings (SSSR count). The van der Waals surface area contributed by atoms with Crippen LogP contribution in [0.3, 0.4) is 0 Å². The van der Waals surface area contributed by atoms with Gasteiger partial charge in [-0.3, -0.25) is 4.79 Å². The zero-order valence-corrected chi connectivity index (χ0v) is 11.1. The first-order chi connectivity index (χ1) is 7.21. The number of hydrogen-bond donors (Lipinski definition) is 1. The van der Waals surface area contributed by atoms with E-state index in [4.69, 9.17) is 5.11 Å². The monoisotopic (exact) mass is 216 g/mol. The number of aliphatic carboxylic acids is 1. The van der Waals surface area contributed by atoms with Crippen molar-refractivity contribution in [2.75, 3.05) is 0 Å². The van der Waals surface area contributed by atoms with Crippen LogP contribution in [0.25, 0.3) is 0 Å². The highest BCUT2D eigenvalue weighted by molar-refractivity contribution is 5.74. The molecule has 0 aromatic carbocycles. The predicted molar refractivity (Wildman–Crippen MR) is 66.1 cm³/mol. The van der Waals surface area contributed by atoms with Gasteiger partial charge in [0.25, 0.3) is 0 Å². The molecule has 0 aromatic rings. The van der Waals surface area contributed by atoms with Gasteiger partial charge in [0.1, 0.15) is 0 Å². The zero-order valence-electron chi connectivity index (χ0n) is 11.1. The summed E-state index contributed by atoms with van der Waals surface area (Å²) >= 11 is 0. The molecule has 0 radical (unpaired) electrons. The summed E-state index contributed by atoms with van der Waals surface area (Å²) < 4.78 is 0. The smallest absolute Gasteiger partial charge is 0.309 e. The molecule has 1 saturated carbocycles. The van der Waals surface area contributed by atoms with Gasteiger partial charge in [-0.2, -0.15) is 0 Å². The summed E-state index contributed by atoms with van der Waals surface area (Å²) in [6.45, 7) is 9.99. The molecule has 0 bridgehead atoms. The van der Waals surface area contributed by atoms with E-state index in [0.717, 1.165) is 32.1 Å². The molecule has 1 fully saturated rings. The van der Waals surface area contributed by atoms with Crippen LogP contribution in [-0.4, -0.2) is 11.1 Å². The summed E-state index contributed by atoms with van der Waals surface area (Å²) in [5.74, 6) is -0.584. The molecule has 2 nitrogen and oxygen atoms in total. The Morgan fingerprint density at radius 1 is 1.07 bits per heavy atom. The molecule has 1 aliphatic rings. The Balaban J connectivity index is 0. The zero-order chi connectivity index (χ0) is 12.3.